The van der Waals surface area contributed by atoms with E-state index in [1.807, 2.05) is 18.2 Å². The lowest BCUT2D eigenvalue weighted by atomic mass is 10.2. The predicted octanol–water partition coefficient (Wildman–Crippen LogP) is 2.09. The second-order valence-corrected chi connectivity index (χ2v) is 4.38. The van der Waals surface area contributed by atoms with E-state index in [2.05, 4.69) is 5.32 Å². The first-order valence-corrected chi connectivity index (χ1v) is 6.60. The molecule has 0 aromatic heterocycles. The molecule has 110 valence electrons. The molecule has 0 aliphatic carbocycles. The van der Waals surface area contributed by atoms with Crippen LogP contribution in [0.4, 0.5) is 5.69 Å². The number of hydrogen-bond acceptors (Lipinski definition) is 4. The van der Waals surface area contributed by atoms with E-state index in [1.165, 1.54) is 7.11 Å². The molecule has 2 rings (SSSR count). The van der Waals surface area contributed by atoms with Gasteiger partial charge in [-0.25, -0.2) is 0 Å². The molecule has 21 heavy (non-hydrogen) atoms. The molecular weight excluding hydrogens is 268 g/mol. The van der Waals surface area contributed by atoms with Gasteiger partial charge in [0.25, 0.3) is 5.91 Å². The van der Waals surface area contributed by atoms with Gasteiger partial charge in [-0.2, -0.15) is 0 Å². The largest absolute Gasteiger partial charge is 0.496 e. The molecule has 0 saturated carbocycles. The van der Waals surface area contributed by atoms with Crippen LogP contribution < -0.4 is 20.5 Å². The Hall–Kier alpha value is -2.69. The predicted molar refractivity (Wildman–Crippen MR) is 81.7 cm³/mol. The second kappa shape index (κ2) is 7.19. The number of ether oxygens (including phenoxy) is 2. The Labute approximate surface area is 123 Å². The lowest BCUT2D eigenvalue weighted by Gasteiger charge is -2.10. The zero-order valence-electron chi connectivity index (χ0n) is 11.8. The highest BCUT2D eigenvalue weighted by Crippen LogP contribution is 2.17. The summed E-state index contributed by atoms with van der Waals surface area (Å²) in [5, 5.41) is 2.78. The van der Waals surface area contributed by atoms with Crippen molar-refractivity contribution >= 4 is 11.6 Å². The number of methoxy groups -OCH3 is 1. The van der Waals surface area contributed by atoms with E-state index in [0.29, 0.717) is 35.9 Å². The van der Waals surface area contributed by atoms with Crippen LogP contribution in [0.25, 0.3) is 0 Å². The Kier molecular flexibility index (Phi) is 5.04. The first-order chi connectivity index (χ1) is 10.2. The van der Waals surface area contributed by atoms with Gasteiger partial charge in [0, 0.05) is 11.8 Å². The van der Waals surface area contributed by atoms with Crippen molar-refractivity contribution in [2.45, 2.75) is 0 Å². The number of nitrogens with two attached hydrogens (primary N) is 1. The fourth-order valence-electron chi connectivity index (χ4n) is 1.87. The number of anilines is 1. The molecule has 0 unspecified atom stereocenters. The summed E-state index contributed by atoms with van der Waals surface area (Å²) in [7, 11) is 1.54. The summed E-state index contributed by atoms with van der Waals surface area (Å²) < 4.78 is 10.7. The van der Waals surface area contributed by atoms with Crippen molar-refractivity contribution in [3.63, 3.8) is 0 Å². The molecule has 2 aromatic rings. The Balaban J connectivity index is 1.82. The summed E-state index contributed by atoms with van der Waals surface area (Å²) >= 11 is 0. The average molecular weight is 286 g/mol. The van der Waals surface area contributed by atoms with Gasteiger partial charge in [0.15, 0.2) is 0 Å². The third kappa shape index (κ3) is 4.14. The van der Waals surface area contributed by atoms with Gasteiger partial charge in [0.1, 0.15) is 18.1 Å². The zero-order chi connectivity index (χ0) is 15.1. The Bertz CT molecular complexity index is 614. The van der Waals surface area contributed by atoms with Crippen LogP contribution in [0.2, 0.25) is 0 Å². The summed E-state index contributed by atoms with van der Waals surface area (Å²) in [5.74, 6) is 1.04. The van der Waals surface area contributed by atoms with E-state index in [0.717, 1.165) is 0 Å². The highest BCUT2D eigenvalue weighted by atomic mass is 16.5. The molecule has 5 nitrogen and oxygen atoms in total. The van der Waals surface area contributed by atoms with E-state index < -0.39 is 0 Å². The lowest BCUT2D eigenvalue weighted by molar-refractivity contribution is 0.0944. The number of carbonyl (C=O) groups is 1. The molecule has 0 aliphatic rings. The second-order valence-electron chi connectivity index (χ2n) is 4.38. The molecule has 3 N–H and O–H groups in total. The van der Waals surface area contributed by atoms with Crippen LogP contribution >= 0.6 is 0 Å². The maximum Gasteiger partial charge on any atom is 0.255 e. The van der Waals surface area contributed by atoms with Crippen molar-refractivity contribution < 1.29 is 14.3 Å². The number of benzene rings is 2. The molecule has 2 aromatic carbocycles. The highest BCUT2D eigenvalue weighted by Gasteiger charge is 2.10. The van der Waals surface area contributed by atoms with Crippen molar-refractivity contribution in [3.05, 3.63) is 54.1 Å². The molecule has 0 aliphatic heterocycles. The number of amides is 1. The molecule has 0 bridgehead atoms. The van der Waals surface area contributed by atoms with Crippen LogP contribution in [0, 0.1) is 0 Å². The Morgan fingerprint density at radius 3 is 2.76 bits per heavy atom. The summed E-state index contributed by atoms with van der Waals surface area (Å²) in [4.78, 5) is 12.0. The average Bonchev–Trinajstić information content (AvgIpc) is 2.51. The minimum atomic E-state index is -0.191. The normalized spacial score (nSPS) is 9.95. The van der Waals surface area contributed by atoms with Gasteiger partial charge < -0.3 is 20.5 Å². The number of nitrogens with one attached hydrogen (secondary N) is 1. The molecule has 0 saturated heterocycles. The van der Waals surface area contributed by atoms with Crippen molar-refractivity contribution in [1.29, 1.82) is 0 Å². The van der Waals surface area contributed by atoms with Crippen molar-refractivity contribution in [2.24, 2.45) is 0 Å². The Morgan fingerprint density at radius 1 is 1.19 bits per heavy atom. The van der Waals surface area contributed by atoms with Gasteiger partial charge in [-0.15, -0.1) is 0 Å². The van der Waals surface area contributed by atoms with Gasteiger partial charge in [-0.1, -0.05) is 18.2 Å². The van der Waals surface area contributed by atoms with Crippen LogP contribution in [0.15, 0.2) is 48.5 Å². The van der Waals surface area contributed by atoms with Gasteiger partial charge in [-0.05, 0) is 24.3 Å². The third-order valence-corrected chi connectivity index (χ3v) is 2.87. The van der Waals surface area contributed by atoms with Crippen molar-refractivity contribution in [1.82, 2.24) is 5.32 Å². The molecule has 0 radical (unpaired) electrons. The third-order valence-electron chi connectivity index (χ3n) is 2.87. The number of carbonyl (C=O) groups excluding carboxylic acids is 1. The standard InChI is InChI=1S/C16H18N2O3/c1-20-15-8-3-2-7-14(15)16(19)18-9-10-21-13-6-4-5-12(17)11-13/h2-8,11H,9-10,17H2,1H3,(H,18,19). The van der Waals surface area contributed by atoms with E-state index in [1.54, 1.807) is 30.3 Å². The molecule has 0 spiro atoms. The quantitative estimate of drug-likeness (QED) is 0.630. The maximum absolute atomic E-state index is 12.0. The fraction of sp³-hybridized carbons (Fsp3) is 0.188. The molecule has 5 heteroatoms. The van der Waals surface area contributed by atoms with Crippen LogP contribution in [0.5, 0.6) is 11.5 Å². The lowest BCUT2D eigenvalue weighted by Crippen LogP contribution is -2.28. The minimum Gasteiger partial charge on any atom is -0.496 e. The van der Waals surface area contributed by atoms with Gasteiger partial charge in [0.2, 0.25) is 0 Å². The van der Waals surface area contributed by atoms with E-state index in [-0.39, 0.29) is 5.91 Å². The smallest absolute Gasteiger partial charge is 0.255 e. The van der Waals surface area contributed by atoms with Gasteiger partial charge in [-0.3, -0.25) is 4.79 Å². The SMILES string of the molecule is COc1ccccc1C(=O)NCCOc1cccc(N)c1. The number of nitrogen functional groups attached to an aromatic ring is 1. The van der Waals surface area contributed by atoms with Crippen LogP contribution in [-0.2, 0) is 0 Å². The number of hydrogen-bond donors (Lipinski definition) is 2. The summed E-state index contributed by atoms with van der Waals surface area (Å²) in [6, 6.07) is 14.2. The minimum absolute atomic E-state index is 0.191. The van der Waals surface area contributed by atoms with Gasteiger partial charge >= 0.3 is 0 Å². The van der Waals surface area contributed by atoms with E-state index >= 15 is 0 Å². The molecule has 0 fully saturated rings. The van der Waals surface area contributed by atoms with E-state index in [9.17, 15) is 4.79 Å². The zero-order valence-corrected chi connectivity index (χ0v) is 11.8. The number of para-hydroxylation sites is 1. The van der Waals surface area contributed by atoms with Crippen LogP contribution in [0.1, 0.15) is 10.4 Å². The first kappa shape index (κ1) is 14.7. The molecular formula is C16H18N2O3. The topological polar surface area (TPSA) is 73.6 Å². The molecule has 0 heterocycles. The Morgan fingerprint density at radius 2 is 2.00 bits per heavy atom. The van der Waals surface area contributed by atoms with E-state index in [4.69, 9.17) is 15.2 Å². The van der Waals surface area contributed by atoms with Crippen LogP contribution in [-0.4, -0.2) is 26.2 Å². The highest BCUT2D eigenvalue weighted by molar-refractivity contribution is 5.96. The maximum atomic E-state index is 12.0. The number of rotatable bonds is 6. The fourth-order valence-corrected chi connectivity index (χ4v) is 1.87. The molecule has 0 atom stereocenters. The monoisotopic (exact) mass is 286 g/mol. The van der Waals surface area contributed by atoms with Gasteiger partial charge in [0.05, 0.1) is 19.2 Å². The van der Waals surface area contributed by atoms with Crippen molar-refractivity contribution in [3.8, 4) is 11.5 Å². The summed E-state index contributed by atoms with van der Waals surface area (Å²) in [6.45, 7) is 0.760. The van der Waals surface area contributed by atoms with Crippen molar-refractivity contribution in [2.75, 3.05) is 26.0 Å². The molecule has 1 amide bonds. The summed E-state index contributed by atoms with van der Waals surface area (Å²) in [6.07, 6.45) is 0. The summed E-state index contributed by atoms with van der Waals surface area (Å²) in [5.41, 5.74) is 6.80. The van der Waals surface area contributed by atoms with Crippen LogP contribution in [0.3, 0.4) is 0 Å². The first-order valence-electron chi connectivity index (χ1n) is 6.60.